The number of nitrogens with zero attached hydrogens (tertiary/aromatic N) is 2. The molecule has 0 saturated heterocycles. The molecular formula is C10H12F5N3. The summed E-state index contributed by atoms with van der Waals surface area (Å²) in [6.07, 6.45) is -4.15. The Bertz CT molecular complexity index is 419. The summed E-state index contributed by atoms with van der Waals surface area (Å²) < 4.78 is 63.3. The van der Waals surface area contributed by atoms with Gasteiger partial charge < -0.3 is 10.6 Å². The van der Waals surface area contributed by atoms with Gasteiger partial charge in [-0.15, -0.1) is 0 Å². The van der Waals surface area contributed by atoms with Crippen LogP contribution in [0.2, 0.25) is 0 Å². The van der Waals surface area contributed by atoms with Crippen molar-refractivity contribution in [1.82, 2.24) is 4.98 Å². The first-order valence-electron chi connectivity index (χ1n) is 5.17. The topological polar surface area (TPSA) is 42.2 Å². The van der Waals surface area contributed by atoms with Crippen molar-refractivity contribution < 1.29 is 22.0 Å². The molecule has 18 heavy (non-hydrogen) atoms. The molecular weight excluding hydrogens is 257 g/mol. The van der Waals surface area contributed by atoms with Gasteiger partial charge in [-0.2, -0.15) is 13.2 Å². The van der Waals surface area contributed by atoms with E-state index in [-0.39, 0.29) is 6.54 Å². The van der Waals surface area contributed by atoms with Gasteiger partial charge in [0.1, 0.15) is 6.54 Å². The van der Waals surface area contributed by atoms with Gasteiger partial charge in [0.15, 0.2) is 23.3 Å². The predicted molar refractivity (Wildman–Crippen MR) is 57.1 cm³/mol. The third-order valence-electron chi connectivity index (χ3n) is 2.10. The minimum atomic E-state index is -4.51. The number of hydrogen-bond donors (Lipinski definition) is 1. The number of pyridine rings is 1. The second kappa shape index (κ2) is 5.36. The monoisotopic (exact) mass is 269 g/mol. The first kappa shape index (κ1) is 14.5. The lowest BCUT2D eigenvalue weighted by Gasteiger charge is -2.24. The van der Waals surface area contributed by atoms with Crippen molar-refractivity contribution in [2.24, 2.45) is 0 Å². The number of hydrogen-bond acceptors (Lipinski definition) is 3. The van der Waals surface area contributed by atoms with Crippen LogP contribution < -0.4 is 10.6 Å². The van der Waals surface area contributed by atoms with Gasteiger partial charge in [-0.1, -0.05) is 6.92 Å². The van der Waals surface area contributed by atoms with Crippen molar-refractivity contribution in [3.63, 3.8) is 0 Å². The SMILES string of the molecule is CCCN(CC(F)(F)F)c1nc(N)c(F)cc1F. The minimum Gasteiger partial charge on any atom is -0.381 e. The molecule has 0 radical (unpaired) electrons. The summed E-state index contributed by atoms with van der Waals surface area (Å²) in [7, 11) is 0. The van der Waals surface area contributed by atoms with E-state index in [4.69, 9.17) is 5.73 Å². The van der Waals surface area contributed by atoms with E-state index in [9.17, 15) is 22.0 Å². The summed E-state index contributed by atoms with van der Waals surface area (Å²) >= 11 is 0. The number of halogens is 5. The quantitative estimate of drug-likeness (QED) is 0.854. The van der Waals surface area contributed by atoms with Crippen LogP contribution in [0.1, 0.15) is 13.3 Å². The van der Waals surface area contributed by atoms with Crippen molar-refractivity contribution in [2.75, 3.05) is 23.7 Å². The molecule has 0 aliphatic heterocycles. The summed E-state index contributed by atoms with van der Waals surface area (Å²) in [6, 6.07) is 0.427. The molecule has 0 aromatic carbocycles. The molecule has 0 spiro atoms. The fraction of sp³-hybridized carbons (Fsp3) is 0.500. The van der Waals surface area contributed by atoms with E-state index in [0.29, 0.717) is 17.4 Å². The molecule has 0 fully saturated rings. The normalized spacial score (nSPS) is 11.7. The number of anilines is 2. The first-order valence-corrected chi connectivity index (χ1v) is 5.17. The predicted octanol–water partition coefficient (Wildman–Crippen LogP) is 2.72. The van der Waals surface area contributed by atoms with E-state index >= 15 is 0 Å². The average molecular weight is 269 g/mol. The Labute approximate surface area is 100 Å². The van der Waals surface area contributed by atoms with E-state index in [1.54, 1.807) is 6.92 Å². The molecule has 3 nitrogen and oxygen atoms in total. The van der Waals surface area contributed by atoms with Gasteiger partial charge in [-0.3, -0.25) is 0 Å². The maximum absolute atomic E-state index is 13.4. The molecule has 0 atom stereocenters. The largest absolute Gasteiger partial charge is 0.405 e. The maximum Gasteiger partial charge on any atom is 0.405 e. The van der Waals surface area contributed by atoms with Gasteiger partial charge in [0.2, 0.25) is 0 Å². The smallest absolute Gasteiger partial charge is 0.381 e. The van der Waals surface area contributed by atoms with Gasteiger partial charge in [0.25, 0.3) is 0 Å². The first-order chi connectivity index (χ1) is 8.24. The maximum atomic E-state index is 13.4. The summed E-state index contributed by atoms with van der Waals surface area (Å²) in [5, 5.41) is 0. The lowest BCUT2D eigenvalue weighted by Crippen LogP contribution is -2.36. The molecule has 1 rings (SSSR count). The van der Waals surface area contributed by atoms with Gasteiger partial charge in [0, 0.05) is 12.6 Å². The zero-order chi connectivity index (χ0) is 13.9. The van der Waals surface area contributed by atoms with E-state index < -0.39 is 36.0 Å². The Morgan fingerprint density at radius 1 is 1.28 bits per heavy atom. The standard InChI is InChI=1S/C10H12F5N3/c1-2-3-18(5-10(13,14)15)9-7(12)4-6(11)8(16)17-9/h4H,2-3,5H2,1H3,(H2,16,17). The average Bonchev–Trinajstić information content (AvgIpc) is 2.21. The summed E-state index contributed by atoms with van der Waals surface area (Å²) in [5.74, 6) is -3.48. The van der Waals surface area contributed by atoms with E-state index in [1.165, 1.54) is 0 Å². The van der Waals surface area contributed by atoms with E-state index in [1.807, 2.05) is 0 Å². The Morgan fingerprint density at radius 2 is 1.89 bits per heavy atom. The molecule has 0 saturated carbocycles. The van der Waals surface area contributed by atoms with E-state index in [2.05, 4.69) is 4.98 Å². The molecule has 1 aromatic rings. The van der Waals surface area contributed by atoms with Crippen molar-refractivity contribution in [3.8, 4) is 0 Å². The van der Waals surface area contributed by atoms with Crippen molar-refractivity contribution >= 4 is 11.6 Å². The van der Waals surface area contributed by atoms with Crippen molar-refractivity contribution in [3.05, 3.63) is 17.7 Å². The Hall–Kier alpha value is -1.60. The molecule has 102 valence electrons. The van der Waals surface area contributed by atoms with Crippen molar-refractivity contribution in [1.29, 1.82) is 0 Å². The van der Waals surface area contributed by atoms with Crippen LogP contribution in [0.25, 0.3) is 0 Å². The second-order valence-electron chi connectivity index (χ2n) is 3.70. The highest BCUT2D eigenvalue weighted by Gasteiger charge is 2.32. The van der Waals surface area contributed by atoms with Crippen LogP contribution in [0.5, 0.6) is 0 Å². The third kappa shape index (κ3) is 3.71. The second-order valence-corrected chi connectivity index (χ2v) is 3.70. The molecule has 1 heterocycles. The molecule has 0 aliphatic rings. The molecule has 1 aromatic heterocycles. The zero-order valence-electron chi connectivity index (χ0n) is 9.56. The minimum absolute atomic E-state index is 0.0610. The van der Waals surface area contributed by atoms with Crippen LogP contribution in [0, 0.1) is 11.6 Å². The van der Waals surface area contributed by atoms with Crippen LogP contribution in [0.15, 0.2) is 6.07 Å². The van der Waals surface area contributed by atoms with Crippen LogP contribution in [0.4, 0.5) is 33.6 Å². The van der Waals surface area contributed by atoms with Crippen LogP contribution >= 0.6 is 0 Å². The molecule has 8 heteroatoms. The Balaban J connectivity index is 3.09. The Kier molecular flexibility index (Phi) is 4.31. The molecule has 0 amide bonds. The van der Waals surface area contributed by atoms with Gasteiger partial charge >= 0.3 is 6.18 Å². The summed E-state index contributed by atoms with van der Waals surface area (Å²) in [4.78, 5) is 4.01. The van der Waals surface area contributed by atoms with Crippen molar-refractivity contribution in [2.45, 2.75) is 19.5 Å². The molecule has 2 N–H and O–H groups in total. The lowest BCUT2D eigenvalue weighted by atomic mass is 10.3. The van der Waals surface area contributed by atoms with Crippen LogP contribution in [0.3, 0.4) is 0 Å². The number of aromatic nitrogens is 1. The van der Waals surface area contributed by atoms with Crippen LogP contribution in [-0.4, -0.2) is 24.2 Å². The van der Waals surface area contributed by atoms with Gasteiger partial charge in [-0.05, 0) is 6.42 Å². The molecule has 0 unspecified atom stereocenters. The summed E-state index contributed by atoms with van der Waals surface area (Å²) in [5.41, 5.74) is 5.13. The lowest BCUT2D eigenvalue weighted by molar-refractivity contribution is -0.119. The number of nitrogen functional groups attached to an aromatic ring is 1. The van der Waals surface area contributed by atoms with Gasteiger partial charge in [-0.25, -0.2) is 13.8 Å². The number of alkyl halides is 3. The molecule has 0 bridgehead atoms. The molecule has 0 aliphatic carbocycles. The third-order valence-corrected chi connectivity index (χ3v) is 2.10. The Morgan fingerprint density at radius 3 is 2.39 bits per heavy atom. The fourth-order valence-electron chi connectivity index (χ4n) is 1.44. The highest BCUT2D eigenvalue weighted by molar-refractivity contribution is 5.47. The van der Waals surface area contributed by atoms with Crippen LogP contribution in [-0.2, 0) is 0 Å². The highest BCUT2D eigenvalue weighted by Crippen LogP contribution is 2.25. The number of nitrogens with two attached hydrogens (primary N) is 1. The fourth-order valence-corrected chi connectivity index (χ4v) is 1.44. The highest BCUT2D eigenvalue weighted by atomic mass is 19.4. The van der Waals surface area contributed by atoms with Gasteiger partial charge in [0.05, 0.1) is 0 Å². The zero-order valence-corrected chi connectivity index (χ0v) is 9.56. The van der Waals surface area contributed by atoms with E-state index in [0.717, 1.165) is 0 Å². The number of rotatable bonds is 4. The summed E-state index contributed by atoms with van der Waals surface area (Å²) in [6.45, 7) is 0.207.